The van der Waals surface area contributed by atoms with Crippen LogP contribution in [0.15, 0.2) is 66.7 Å². The standard InChI is InChI=1S/C25H24N2O2/c26-13-5-4-8-20-21-14-18(17-6-2-1-3-7-17)9-11-22(21)27-25(20)19-10-12-23-24(15-19)29-16-28-23/h1-3,6-7,9-12,14-15,27H,4-5,8,13,16,26H2. The Morgan fingerprint density at radius 2 is 1.62 bits per heavy atom. The van der Waals surface area contributed by atoms with Gasteiger partial charge in [0.1, 0.15) is 0 Å². The molecule has 146 valence electrons. The van der Waals surface area contributed by atoms with Crippen LogP contribution in [0, 0.1) is 0 Å². The number of aryl methyl sites for hydroxylation is 1. The third kappa shape index (κ3) is 3.36. The number of ether oxygens (including phenoxy) is 2. The minimum atomic E-state index is 0.287. The molecule has 0 spiro atoms. The molecule has 3 aromatic carbocycles. The van der Waals surface area contributed by atoms with Gasteiger partial charge in [0.2, 0.25) is 6.79 Å². The molecule has 0 saturated heterocycles. The summed E-state index contributed by atoms with van der Waals surface area (Å²) in [6, 6.07) is 23.3. The Morgan fingerprint density at radius 3 is 2.48 bits per heavy atom. The van der Waals surface area contributed by atoms with Crippen LogP contribution >= 0.6 is 0 Å². The highest BCUT2D eigenvalue weighted by atomic mass is 16.7. The molecule has 0 amide bonds. The number of hydrogen-bond donors (Lipinski definition) is 2. The zero-order chi connectivity index (χ0) is 19.6. The zero-order valence-electron chi connectivity index (χ0n) is 16.3. The number of unbranched alkanes of at least 4 members (excludes halogenated alkanes) is 1. The molecule has 29 heavy (non-hydrogen) atoms. The molecule has 4 heteroatoms. The van der Waals surface area contributed by atoms with Crippen LogP contribution in [0.25, 0.3) is 33.3 Å². The fraction of sp³-hybridized carbons (Fsp3) is 0.200. The van der Waals surface area contributed by atoms with Gasteiger partial charge < -0.3 is 20.2 Å². The summed E-state index contributed by atoms with van der Waals surface area (Å²) >= 11 is 0. The first-order valence-corrected chi connectivity index (χ1v) is 10.1. The van der Waals surface area contributed by atoms with Gasteiger partial charge in [-0.1, -0.05) is 36.4 Å². The number of nitrogens with two attached hydrogens (primary N) is 1. The van der Waals surface area contributed by atoms with E-state index in [1.165, 1.54) is 22.1 Å². The van der Waals surface area contributed by atoms with Crippen molar-refractivity contribution in [3.05, 3.63) is 72.3 Å². The van der Waals surface area contributed by atoms with Gasteiger partial charge in [0, 0.05) is 22.2 Å². The molecular formula is C25H24N2O2. The molecular weight excluding hydrogens is 360 g/mol. The Bertz CT molecular complexity index is 1150. The van der Waals surface area contributed by atoms with Crippen LogP contribution in [-0.2, 0) is 6.42 Å². The lowest BCUT2D eigenvalue weighted by Crippen LogP contribution is -1.99. The highest BCUT2D eigenvalue weighted by molar-refractivity contribution is 5.94. The first-order valence-electron chi connectivity index (χ1n) is 10.1. The molecule has 0 bridgehead atoms. The van der Waals surface area contributed by atoms with E-state index in [2.05, 4.69) is 59.6 Å². The average Bonchev–Trinajstić information content (AvgIpc) is 3.38. The highest BCUT2D eigenvalue weighted by Gasteiger charge is 2.18. The van der Waals surface area contributed by atoms with Crippen LogP contribution in [0.1, 0.15) is 18.4 Å². The second-order valence-electron chi connectivity index (χ2n) is 7.42. The van der Waals surface area contributed by atoms with Crippen molar-refractivity contribution in [1.82, 2.24) is 4.98 Å². The molecule has 0 atom stereocenters. The lowest BCUT2D eigenvalue weighted by Gasteiger charge is -2.07. The van der Waals surface area contributed by atoms with Crippen molar-refractivity contribution >= 4 is 10.9 Å². The van der Waals surface area contributed by atoms with Gasteiger partial charge >= 0.3 is 0 Å². The number of benzene rings is 3. The number of fused-ring (bicyclic) bond motifs is 2. The smallest absolute Gasteiger partial charge is 0.231 e. The lowest BCUT2D eigenvalue weighted by molar-refractivity contribution is 0.174. The molecule has 0 aliphatic carbocycles. The molecule has 1 aromatic heterocycles. The summed E-state index contributed by atoms with van der Waals surface area (Å²) in [6.45, 7) is 1.01. The lowest BCUT2D eigenvalue weighted by atomic mass is 9.97. The van der Waals surface area contributed by atoms with Crippen molar-refractivity contribution in [1.29, 1.82) is 0 Å². The number of H-pyrrole nitrogens is 1. The first kappa shape index (κ1) is 17.8. The topological polar surface area (TPSA) is 60.3 Å². The maximum Gasteiger partial charge on any atom is 0.231 e. The molecule has 1 aliphatic heterocycles. The van der Waals surface area contributed by atoms with E-state index < -0.39 is 0 Å². The molecule has 1 aliphatic rings. The van der Waals surface area contributed by atoms with Crippen molar-refractivity contribution in [3.63, 3.8) is 0 Å². The quantitative estimate of drug-likeness (QED) is 0.431. The van der Waals surface area contributed by atoms with Crippen molar-refractivity contribution in [3.8, 4) is 33.9 Å². The fourth-order valence-corrected chi connectivity index (χ4v) is 4.06. The molecule has 2 heterocycles. The summed E-state index contributed by atoms with van der Waals surface area (Å²) in [5.74, 6) is 1.61. The Labute approximate surface area is 170 Å². The van der Waals surface area contributed by atoms with Crippen molar-refractivity contribution in [2.24, 2.45) is 5.73 Å². The fourth-order valence-electron chi connectivity index (χ4n) is 4.06. The highest BCUT2D eigenvalue weighted by Crippen LogP contribution is 2.39. The Kier molecular flexibility index (Phi) is 4.70. The van der Waals surface area contributed by atoms with Crippen molar-refractivity contribution in [2.75, 3.05) is 13.3 Å². The summed E-state index contributed by atoms with van der Waals surface area (Å²) in [5, 5.41) is 1.27. The third-order valence-electron chi connectivity index (χ3n) is 5.56. The number of rotatable bonds is 6. The molecule has 3 N–H and O–H groups in total. The van der Waals surface area contributed by atoms with E-state index in [0.29, 0.717) is 0 Å². The van der Waals surface area contributed by atoms with E-state index in [-0.39, 0.29) is 6.79 Å². The van der Waals surface area contributed by atoms with Crippen molar-refractivity contribution < 1.29 is 9.47 Å². The Hall–Kier alpha value is -3.24. The number of aromatic amines is 1. The van der Waals surface area contributed by atoms with E-state index in [1.807, 2.05) is 12.1 Å². The van der Waals surface area contributed by atoms with E-state index >= 15 is 0 Å². The van der Waals surface area contributed by atoms with Crippen LogP contribution in [0.5, 0.6) is 11.5 Å². The van der Waals surface area contributed by atoms with Crippen molar-refractivity contribution in [2.45, 2.75) is 19.3 Å². The van der Waals surface area contributed by atoms with Crippen LogP contribution in [0.2, 0.25) is 0 Å². The predicted molar refractivity (Wildman–Crippen MR) is 117 cm³/mol. The molecule has 0 saturated carbocycles. The van der Waals surface area contributed by atoms with Gasteiger partial charge in [0.05, 0.1) is 0 Å². The van der Waals surface area contributed by atoms with Gasteiger partial charge in [0.15, 0.2) is 11.5 Å². The second-order valence-corrected chi connectivity index (χ2v) is 7.42. The number of aromatic nitrogens is 1. The molecule has 0 radical (unpaired) electrons. The summed E-state index contributed by atoms with van der Waals surface area (Å²) in [6.07, 6.45) is 3.07. The molecule has 5 rings (SSSR count). The number of nitrogens with one attached hydrogen (secondary N) is 1. The van der Waals surface area contributed by atoms with Gasteiger partial charge in [-0.2, -0.15) is 0 Å². The van der Waals surface area contributed by atoms with Crippen LogP contribution in [0.3, 0.4) is 0 Å². The number of hydrogen-bond acceptors (Lipinski definition) is 3. The van der Waals surface area contributed by atoms with E-state index in [9.17, 15) is 0 Å². The minimum Gasteiger partial charge on any atom is -0.454 e. The van der Waals surface area contributed by atoms with Gasteiger partial charge in [-0.3, -0.25) is 0 Å². The summed E-state index contributed by atoms with van der Waals surface area (Å²) in [4.78, 5) is 3.65. The normalized spacial score (nSPS) is 12.6. The monoisotopic (exact) mass is 384 g/mol. The van der Waals surface area contributed by atoms with E-state index in [0.717, 1.165) is 54.1 Å². The minimum absolute atomic E-state index is 0.287. The summed E-state index contributed by atoms with van der Waals surface area (Å²) < 4.78 is 11.1. The Balaban J connectivity index is 1.63. The van der Waals surface area contributed by atoms with E-state index in [1.54, 1.807) is 0 Å². The maximum atomic E-state index is 5.75. The first-order chi connectivity index (χ1) is 14.3. The van der Waals surface area contributed by atoms with Crippen LogP contribution < -0.4 is 15.2 Å². The Morgan fingerprint density at radius 1 is 0.793 bits per heavy atom. The average molecular weight is 384 g/mol. The SMILES string of the molecule is NCCCCc1c(-c2ccc3c(c2)OCO3)[nH]c2ccc(-c3ccccc3)cc12. The largest absolute Gasteiger partial charge is 0.454 e. The summed E-state index contributed by atoms with van der Waals surface area (Å²) in [5.41, 5.74) is 13.0. The van der Waals surface area contributed by atoms with Gasteiger partial charge in [-0.15, -0.1) is 0 Å². The predicted octanol–water partition coefficient (Wildman–Crippen LogP) is 5.51. The zero-order valence-corrected chi connectivity index (χ0v) is 16.3. The van der Waals surface area contributed by atoms with E-state index in [4.69, 9.17) is 15.2 Å². The summed E-state index contributed by atoms with van der Waals surface area (Å²) in [7, 11) is 0. The second kappa shape index (κ2) is 7.64. The molecule has 0 unspecified atom stereocenters. The van der Waals surface area contributed by atoms with Gasteiger partial charge in [0.25, 0.3) is 0 Å². The third-order valence-corrected chi connectivity index (χ3v) is 5.56. The van der Waals surface area contributed by atoms with Crippen LogP contribution in [0.4, 0.5) is 0 Å². The molecule has 4 nitrogen and oxygen atoms in total. The van der Waals surface area contributed by atoms with Crippen LogP contribution in [-0.4, -0.2) is 18.3 Å². The van der Waals surface area contributed by atoms with Gasteiger partial charge in [-0.05, 0) is 72.8 Å². The maximum absolute atomic E-state index is 5.75. The van der Waals surface area contributed by atoms with Gasteiger partial charge in [-0.25, -0.2) is 0 Å². The molecule has 0 fully saturated rings. The molecule has 4 aromatic rings.